The van der Waals surface area contributed by atoms with E-state index in [4.69, 9.17) is 0 Å². The Morgan fingerprint density at radius 2 is 2.26 bits per heavy atom. The Balaban J connectivity index is 1.90. The molecule has 0 saturated heterocycles. The van der Waals surface area contributed by atoms with Crippen LogP contribution in [0.5, 0.6) is 0 Å². The minimum Gasteiger partial charge on any atom is -0.366 e. The highest BCUT2D eigenvalue weighted by Gasteiger charge is 2.24. The Labute approximate surface area is 118 Å². The van der Waals surface area contributed by atoms with Gasteiger partial charge in [-0.25, -0.2) is 0 Å². The van der Waals surface area contributed by atoms with Gasteiger partial charge in [-0.3, -0.25) is 4.79 Å². The highest BCUT2D eigenvalue weighted by molar-refractivity contribution is 7.99. The van der Waals surface area contributed by atoms with Gasteiger partial charge in [-0.2, -0.15) is 11.8 Å². The number of aromatic nitrogens is 2. The van der Waals surface area contributed by atoms with Crippen LogP contribution in [0.3, 0.4) is 0 Å². The van der Waals surface area contributed by atoms with Crippen molar-refractivity contribution in [1.29, 1.82) is 0 Å². The summed E-state index contributed by atoms with van der Waals surface area (Å²) in [5.74, 6) is 0.574. The SMILES string of the molecule is CCNC(=O)c1ccc(NC2CCC(SC)C2)nn1. The molecule has 1 aromatic rings. The molecule has 2 N–H and O–H groups in total. The van der Waals surface area contributed by atoms with Crippen LogP contribution in [-0.4, -0.2) is 40.2 Å². The Morgan fingerprint density at radius 3 is 2.84 bits per heavy atom. The van der Waals surface area contributed by atoms with E-state index in [9.17, 15) is 4.79 Å². The van der Waals surface area contributed by atoms with Crippen molar-refractivity contribution in [3.63, 3.8) is 0 Å². The predicted octanol–water partition coefficient (Wildman–Crippen LogP) is 1.92. The summed E-state index contributed by atoms with van der Waals surface area (Å²) in [4.78, 5) is 11.5. The standard InChI is InChI=1S/C13H20N4OS/c1-3-14-13(18)11-6-7-12(17-16-11)15-9-4-5-10(8-9)19-2/h6-7,9-10H,3-5,8H2,1-2H3,(H,14,18)(H,15,17). The molecule has 5 nitrogen and oxygen atoms in total. The summed E-state index contributed by atoms with van der Waals surface area (Å²) < 4.78 is 0. The van der Waals surface area contributed by atoms with Crippen LogP contribution >= 0.6 is 11.8 Å². The third kappa shape index (κ3) is 3.83. The molecule has 1 aliphatic rings. The third-order valence-electron chi connectivity index (χ3n) is 3.30. The quantitative estimate of drug-likeness (QED) is 0.862. The van der Waals surface area contributed by atoms with Gasteiger partial charge in [-0.15, -0.1) is 10.2 Å². The highest BCUT2D eigenvalue weighted by Crippen LogP contribution is 2.29. The van der Waals surface area contributed by atoms with E-state index in [0.29, 0.717) is 18.3 Å². The van der Waals surface area contributed by atoms with Gasteiger partial charge in [-0.05, 0) is 44.6 Å². The molecule has 1 amide bonds. The number of amides is 1. The minimum absolute atomic E-state index is 0.176. The van der Waals surface area contributed by atoms with Gasteiger partial charge in [0.25, 0.3) is 5.91 Å². The smallest absolute Gasteiger partial charge is 0.271 e. The molecule has 6 heteroatoms. The number of nitrogens with one attached hydrogen (secondary N) is 2. The second-order valence-electron chi connectivity index (χ2n) is 4.68. The lowest BCUT2D eigenvalue weighted by Crippen LogP contribution is -2.24. The van der Waals surface area contributed by atoms with E-state index < -0.39 is 0 Å². The molecule has 1 aliphatic carbocycles. The Hall–Kier alpha value is -1.30. The Kier molecular flexibility index (Phi) is 5.01. The van der Waals surface area contributed by atoms with E-state index in [1.807, 2.05) is 24.8 Å². The van der Waals surface area contributed by atoms with Crippen molar-refractivity contribution in [2.75, 3.05) is 18.1 Å². The van der Waals surface area contributed by atoms with Crippen LogP contribution in [0.25, 0.3) is 0 Å². The lowest BCUT2D eigenvalue weighted by atomic mass is 10.2. The second-order valence-corrected chi connectivity index (χ2v) is 5.81. The first kappa shape index (κ1) is 14.1. The molecular formula is C13H20N4OS. The van der Waals surface area contributed by atoms with E-state index in [-0.39, 0.29) is 5.91 Å². The van der Waals surface area contributed by atoms with Gasteiger partial charge in [0.05, 0.1) is 0 Å². The molecule has 0 aliphatic heterocycles. The van der Waals surface area contributed by atoms with E-state index in [1.54, 1.807) is 6.07 Å². The van der Waals surface area contributed by atoms with Crippen molar-refractivity contribution in [2.24, 2.45) is 0 Å². The number of anilines is 1. The van der Waals surface area contributed by atoms with Crippen LogP contribution in [0.15, 0.2) is 12.1 Å². The van der Waals surface area contributed by atoms with Gasteiger partial charge in [0.1, 0.15) is 5.82 Å². The van der Waals surface area contributed by atoms with Crippen LogP contribution in [0, 0.1) is 0 Å². The normalized spacial score (nSPS) is 22.2. The number of hydrogen-bond acceptors (Lipinski definition) is 5. The molecule has 2 atom stereocenters. The molecule has 0 aromatic carbocycles. The van der Waals surface area contributed by atoms with Gasteiger partial charge in [0.2, 0.25) is 0 Å². The maximum atomic E-state index is 11.5. The van der Waals surface area contributed by atoms with Gasteiger partial charge >= 0.3 is 0 Å². The van der Waals surface area contributed by atoms with Crippen LogP contribution in [0.2, 0.25) is 0 Å². The summed E-state index contributed by atoms with van der Waals surface area (Å²) >= 11 is 1.93. The van der Waals surface area contributed by atoms with E-state index >= 15 is 0 Å². The summed E-state index contributed by atoms with van der Waals surface area (Å²) in [7, 11) is 0. The molecule has 0 radical (unpaired) electrons. The van der Waals surface area contributed by atoms with Gasteiger partial charge in [0, 0.05) is 17.8 Å². The average molecular weight is 280 g/mol. The molecular weight excluding hydrogens is 260 g/mol. The molecule has 1 heterocycles. The molecule has 2 rings (SSSR count). The van der Waals surface area contributed by atoms with E-state index in [1.165, 1.54) is 19.3 Å². The molecule has 1 fully saturated rings. The van der Waals surface area contributed by atoms with Crippen LogP contribution in [0.4, 0.5) is 5.82 Å². The number of nitrogens with zero attached hydrogens (tertiary/aromatic N) is 2. The maximum Gasteiger partial charge on any atom is 0.271 e. The third-order valence-corrected chi connectivity index (χ3v) is 4.40. The van der Waals surface area contributed by atoms with Gasteiger partial charge in [0.15, 0.2) is 5.69 Å². The molecule has 0 spiro atoms. The monoisotopic (exact) mass is 280 g/mol. The number of thioether (sulfide) groups is 1. The molecule has 104 valence electrons. The first-order valence-electron chi connectivity index (χ1n) is 6.64. The largest absolute Gasteiger partial charge is 0.366 e. The summed E-state index contributed by atoms with van der Waals surface area (Å²) in [6.45, 7) is 2.47. The summed E-state index contributed by atoms with van der Waals surface area (Å²) in [6.07, 6.45) is 5.75. The van der Waals surface area contributed by atoms with Crippen LogP contribution in [-0.2, 0) is 0 Å². The topological polar surface area (TPSA) is 66.9 Å². The summed E-state index contributed by atoms with van der Waals surface area (Å²) in [5.41, 5.74) is 0.362. The van der Waals surface area contributed by atoms with Crippen molar-refractivity contribution in [3.8, 4) is 0 Å². The van der Waals surface area contributed by atoms with Crippen LogP contribution < -0.4 is 10.6 Å². The molecule has 1 aromatic heterocycles. The first-order valence-corrected chi connectivity index (χ1v) is 7.93. The fourth-order valence-electron chi connectivity index (χ4n) is 2.28. The van der Waals surface area contributed by atoms with Gasteiger partial charge < -0.3 is 10.6 Å². The molecule has 2 unspecified atom stereocenters. The number of hydrogen-bond donors (Lipinski definition) is 2. The molecule has 19 heavy (non-hydrogen) atoms. The van der Waals surface area contributed by atoms with Crippen molar-refractivity contribution in [3.05, 3.63) is 17.8 Å². The zero-order valence-corrected chi connectivity index (χ0v) is 12.2. The Morgan fingerprint density at radius 1 is 1.42 bits per heavy atom. The van der Waals surface area contributed by atoms with Crippen molar-refractivity contribution >= 4 is 23.5 Å². The highest BCUT2D eigenvalue weighted by atomic mass is 32.2. The van der Waals surface area contributed by atoms with Crippen molar-refractivity contribution < 1.29 is 4.79 Å². The fourth-order valence-corrected chi connectivity index (χ4v) is 3.07. The lowest BCUT2D eigenvalue weighted by molar-refractivity contribution is 0.0950. The predicted molar refractivity (Wildman–Crippen MR) is 78.6 cm³/mol. The van der Waals surface area contributed by atoms with Crippen LogP contribution in [0.1, 0.15) is 36.7 Å². The number of carbonyl (C=O) groups is 1. The minimum atomic E-state index is -0.176. The molecule has 0 bridgehead atoms. The summed E-state index contributed by atoms with van der Waals surface area (Å²) in [5, 5.41) is 14.9. The van der Waals surface area contributed by atoms with Gasteiger partial charge in [-0.1, -0.05) is 0 Å². The average Bonchev–Trinajstić information content (AvgIpc) is 2.87. The zero-order chi connectivity index (χ0) is 13.7. The number of rotatable bonds is 5. The maximum absolute atomic E-state index is 11.5. The zero-order valence-electron chi connectivity index (χ0n) is 11.3. The first-order chi connectivity index (χ1) is 9.22. The second kappa shape index (κ2) is 6.75. The number of carbonyl (C=O) groups excluding carboxylic acids is 1. The lowest BCUT2D eigenvalue weighted by Gasteiger charge is -2.12. The Bertz CT molecular complexity index is 423. The van der Waals surface area contributed by atoms with Crippen molar-refractivity contribution in [2.45, 2.75) is 37.5 Å². The van der Waals surface area contributed by atoms with E-state index in [2.05, 4.69) is 27.1 Å². The fraction of sp³-hybridized carbons (Fsp3) is 0.615. The van der Waals surface area contributed by atoms with E-state index in [0.717, 1.165) is 11.1 Å². The van der Waals surface area contributed by atoms with Crippen molar-refractivity contribution in [1.82, 2.24) is 15.5 Å². The molecule has 1 saturated carbocycles. The summed E-state index contributed by atoms with van der Waals surface area (Å²) in [6, 6.07) is 4.01.